The number of anilines is 1. The molecule has 0 radical (unpaired) electrons. The van der Waals surface area contributed by atoms with E-state index in [0.29, 0.717) is 13.2 Å². The van der Waals surface area contributed by atoms with Crippen LogP contribution in [0.2, 0.25) is 5.15 Å². The Morgan fingerprint density at radius 3 is 2.88 bits per heavy atom. The van der Waals surface area contributed by atoms with Crippen molar-refractivity contribution in [3.63, 3.8) is 0 Å². The van der Waals surface area contributed by atoms with Gasteiger partial charge < -0.3 is 15.8 Å². The van der Waals surface area contributed by atoms with E-state index in [2.05, 4.69) is 15.5 Å². The maximum atomic E-state index is 11.9. The van der Waals surface area contributed by atoms with E-state index in [1.807, 2.05) is 0 Å². The number of ether oxygens (including phenoxy) is 1. The average Bonchev–Trinajstić information content (AvgIpc) is 2.33. The Kier molecular flexibility index (Phi) is 3.75. The molecule has 1 fully saturated rings. The molecule has 17 heavy (non-hydrogen) atoms. The van der Waals surface area contributed by atoms with E-state index < -0.39 is 0 Å². The predicted octanol–water partition coefficient (Wildman–Crippen LogP) is 0.621. The van der Waals surface area contributed by atoms with E-state index in [9.17, 15) is 4.79 Å². The van der Waals surface area contributed by atoms with Crippen molar-refractivity contribution in [2.45, 2.75) is 18.9 Å². The standard InChI is InChI=1S/C10H13ClN4O2/c11-8-5-7(9(12)15-14-8)10(16)13-6-1-3-17-4-2-6/h5-6H,1-4H2,(H2,12,15)(H,13,16). The topological polar surface area (TPSA) is 90.1 Å². The number of carbonyl (C=O) groups excluding carboxylic acids is 1. The summed E-state index contributed by atoms with van der Waals surface area (Å²) in [5.74, 6) is -0.190. The summed E-state index contributed by atoms with van der Waals surface area (Å²) in [6, 6.07) is 1.53. The van der Waals surface area contributed by atoms with Gasteiger partial charge in [0.05, 0.1) is 5.56 Å². The quantitative estimate of drug-likeness (QED) is 0.810. The normalized spacial score (nSPS) is 16.8. The highest BCUT2D eigenvalue weighted by Gasteiger charge is 2.19. The van der Waals surface area contributed by atoms with Gasteiger partial charge in [0.2, 0.25) is 0 Å². The first kappa shape index (κ1) is 12.1. The fourth-order valence-corrected chi connectivity index (χ4v) is 1.81. The summed E-state index contributed by atoms with van der Waals surface area (Å²) < 4.78 is 5.21. The summed E-state index contributed by atoms with van der Waals surface area (Å²) in [4.78, 5) is 11.9. The molecule has 6 nitrogen and oxygen atoms in total. The first-order chi connectivity index (χ1) is 8.16. The van der Waals surface area contributed by atoms with Gasteiger partial charge in [0.25, 0.3) is 5.91 Å². The van der Waals surface area contributed by atoms with E-state index in [1.54, 1.807) is 0 Å². The fourth-order valence-electron chi connectivity index (χ4n) is 1.66. The first-order valence-electron chi connectivity index (χ1n) is 5.34. The highest BCUT2D eigenvalue weighted by molar-refractivity contribution is 6.29. The van der Waals surface area contributed by atoms with Crippen LogP contribution in [0.4, 0.5) is 5.82 Å². The minimum atomic E-state index is -0.272. The molecule has 2 heterocycles. The summed E-state index contributed by atoms with van der Waals surface area (Å²) >= 11 is 5.67. The number of carbonyl (C=O) groups is 1. The Hall–Kier alpha value is -1.40. The number of rotatable bonds is 2. The van der Waals surface area contributed by atoms with Gasteiger partial charge in [-0.05, 0) is 18.9 Å². The number of nitrogens with two attached hydrogens (primary N) is 1. The molecule has 0 aliphatic carbocycles. The number of halogens is 1. The third kappa shape index (κ3) is 3.04. The molecule has 1 aliphatic heterocycles. The Morgan fingerprint density at radius 1 is 1.47 bits per heavy atom. The number of hydrogen-bond acceptors (Lipinski definition) is 5. The molecule has 1 aliphatic rings. The third-order valence-electron chi connectivity index (χ3n) is 2.59. The van der Waals surface area contributed by atoms with Crippen LogP contribution in [0.3, 0.4) is 0 Å². The Balaban J connectivity index is 2.05. The number of aromatic nitrogens is 2. The molecule has 1 aromatic rings. The molecule has 92 valence electrons. The van der Waals surface area contributed by atoms with E-state index in [-0.39, 0.29) is 28.5 Å². The molecular weight excluding hydrogens is 244 g/mol. The molecule has 0 aromatic carbocycles. The molecule has 7 heteroatoms. The second-order valence-corrected chi connectivity index (χ2v) is 4.21. The Morgan fingerprint density at radius 2 is 2.18 bits per heavy atom. The van der Waals surface area contributed by atoms with Gasteiger partial charge in [0.15, 0.2) is 11.0 Å². The number of nitrogens with one attached hydrogen (secondary N) is 1. The molecule has 0 saturated carbocycles. The summed E-state index contributed by atoms with van der Waals surface area (Å²) in [6.07, 6.45) is 1.61. The smallest absolute Gasteiger partial charge is 0.255 e. The molecular formula is C10H13ClN4O2. The summed E-state index contributed by atoms with van der Waals surface area (Å²) in [7, 11) is 0. The summed E-state index contributed by atoms with van der Waals surface area (Å²) in [6.45, 7) is 1.32. The second kappa shape index (κ2) is 5.29. The van der Waals surface area contributed by atoms with Crippen LogP contribution in [0.5, 0.6) is 0 Å². The number of nitrogens with zero attached hydrogens (tertiary/aromatic N) is 2. The van der Waals surface area contributed by atoms with E-state index in [4.69, 9.17) is 22.1 Å². The molecule has 1 aromatic heterocycles. The van der Waals surface area contributed by atoms with Crippen molar-refractivity contribution < 1.29 is 9.53 Å². The first-order valence-corrected chi connectivity index (χ1v) is 5.72. The lowest BCUT2D eigenvalue weighted by Crippen LogP contribution is -2.39. The zero-order valence-electron chi connectivity index (χ0n) is 9.15. The molecule has 1 saturated heterocycles. The van der Waals surface area contributed by atoms with Crippen molar-refractivity contribution in [2.75, 3.05) is 18.9 Å². The Bertz CT molecular complexity index is 421. The highest BCUT2D eigenvalue weighted by Crippen LogP contribution is 2.13. The van der Waals surface area contributed by atoms with Gasteiger partial charge in [0, 0.05) is 19.3 Å². The van der Waals surface area contributed by atoms with Gasteiger partial charge in [-0.25, -0.2) is 0 Å². The fraction of sp³-hybridized carbons (Fsp3) is 0.500. The maximum Gasteiger partial charge on any atom is 0.255 e. The predicted molar refractivity (Wildman–Crippen MR) is 62.8 cm³/mol. The van der Waals surface area contributed by atoms with Crippen LogP contribution in [0.15, 0.2) is 6.07 Å². The largest absolute Gasteiger partial charge is 0.382 e. The monoisotopic (exact) mass is 256 g/mol. The average molecular weight is 257 g/mol. The number of amides is 1. The van der Waals surface area contributed by atoms with E-state index in [0.717, 1.165) is 12.8 Å². The minimum Gasteiger partial charge on any atom is -0.382 e. The lowest BCUT2D eigenvalue weighted by Gasteiger charge is -2.23. The van der Waals surface area contributed by atoms with Crippen molar-refractivity contribution in [3.05, 3.63) is 16.8 Å². The molecule has 3 N–H and O–H groups in total. The lowest BCUT2D eigenvalue weighted by atomic mass is 10.1. The highest BCUT2D eigenvalue weighted by atomic mass is 35.5. The van der Waals surface area contributed by atoms with E-state index in [1.165, 1.54) is 6.07 Å². The third-order valence-corrected chi connectivity index (χ3v) is 2.78. The van der Waals surface area contributed by atoms with Crippen LogP contribution in [0.1, 0.15) is 23.2 Å². The van der Waals surface area contributed by atoms with E-state index >= 15 is 0 Å². The van der Waals surface area contributed by atoms with Crippen LogP contribution < -0.4 is 11.1 Å². The van der Waals surface area contributed by atoms with Gasteiger partial charge >= 0.3 is 0 Å². The maximum absolute atomic E-state index is 11.9. The molecule has 0 unspecified atom stereocenters. The number of hydrogen-bond donors (Lipinski definition) is 2. The minimum absolute atomic E-state index is 0.0824. The van der Waals surface area contributed by atoms with Crippen molar-refractivity contribution in [1.29, 1.82) is 0 Å². The van der Waals surface area contributed by atoms with Crippen LogP contribution in [-0.4, -0.2) is 35.4 Å². The molecule has 0 bridgehead atoms. The van der Waals surface area contributed by atoms with Gasteiger partial charge in [-0.2, -0.15) is 0 Å². The van der Waals surface area contributed by atoms with Gasteiger partial charge in [0.1, 0.15) is 0 Å². The Labute approximate surface area is 103 Å². The van der Waals surface area contributed by atoms with Crippen LogP contribution in [0.25, 0.3) is 0 Å². The van der Waals surface area contributed by atoms with Crippen molar-refractivity contribution in [3.8, 4) is 0 Å². The lowest BCUT2D eigenvalue weighted by molar-refractivity contribution is 0.0696. The van der Waals surface area contributed by atoms with Crippen LogP contribution in [0, 0.1) is 0 Å². The number of nitrogen functional groups attached to an aromatic ring is 1. The summed E-state index contributed by atoms with van der Waals surface area (Å²) in [5.41, 5.74) is 5.84. The van der Waals surface area contributed by atoms with Gasteiger partial charge in [-0.1, -0.05) is 11.6 Å². The van der Waals surface area contributed by atoms with Gasteiger partial charge in [-0.3, -0.25) is 4.79 Å². The van der Waals surface area contributed by atoms with Crippen LogP contribution in [-0.2, 0) is 4.74 Å². The van der Waals surface area contributed by atoms with Crippen molar-refractivity contribution in [2.24, 2.45) is 0 Å². The summed E-state index contributed by atoms with van der Waals surface area (Å²) in [5, 5.41) is 10.2. The SMILES string of the molecule is Nc1nnc(Cl)cc1C(=O)NC1CCOCC1. The van der Waals surface area contributed by atoms with Gasteiger partial charge in [-0.15, -0.1) is 10.2 Å². The second-order valence-electron chi connectivity index (χ2n) is 3.83. The molecule has 0 atom stereocenters. The molecule has 1 amide bonds. The zero-order valence-corrected chi connectivity index (χ0v) is 9.91. The zero-order chi connectivity index (χ0) is 12.3. The van der Waals surface area contributed by atoms with Crippen molar-refractivity contribution in [1.82, 2.24) is 15.5 Å². The molecule has 2 rings (SSSR count). The van der Waals surface area contributed by atoms with Crippen molar-refractivity contribution >= 4 is 23.3 Å². The van der Waals surface area contributed by atoms with Crippen LogP contribution >= 0.6 is 11.6 Å². The molecule has 0 spiro atoms.